The van der Waals surface area contributed by atoms with E-state index >= 15 is 0 Å². The second-order valence-electron chi connectivity index (χ2n) is 5.68. The monoisotopic (exact) mass is 392 g/mol. The number of aromatic nitrogens is 2. The Morgan fingerprint density at radius 2 is 1.88 bits per heavy atom. The molecule has 0 aliphatic heterocycles. The summed E-state index contributed by atoms with van der Waals surface area (Å²) < 4.78 is 45.5. The number of hydrogen-bond acceptors (Lipinski definition) is 3. The van der Waals surface area contributed by atoms with Crippen LogP contribution in [0.25, 0.3) is 0 Å². The predicted molar refractivity (Wildman–Crippen MR) is 87.4 cm³/mol. The molecule has 134 valence electrons. The zero-order valence-electron chi connectivity index (χ0n) is 12.8. The van der Waals surface area contributed by atoms with Crippen molar-refractivity contribution >= 4 is 23.2 Å². The highest BCUT2D eigenvalue weighted by Gasteiger charge is 2.37. The Morgan fingerprint density at radius 3 is 2.44 bits per heavy atom. The summed E-state index contributed by atoms with van der Waals surface area (Å²) >= 11 is 11.9. The van der Waals surface area contributed by atoms with Gasteiger partial charge in [0.1, 0.15) is 12.2 Å². The molecule has 1 fully saturated rings. The number of benzene rings is 1. The number of nitrogens with zero attached hydrogens (tertiary/aromatic N) is 2. The molecule has 25 heavy (non-hydrogen) atoms. The van der Waals surface area contributed by atoms with Gasteiger partial charge in [-0.15, -0.1) is 0 Å². The summed E-state index contributed by atoms with van der Waals surface area (Å²) in [7, 11) is 0. The van der Waals surface area contributed by atoms with E-state index in [0.29, 0.717) is 0 Å². The summed E-state index contributed by atoms with van der Waals surface area (Å²) in [5.41, 5.74) is -2.12. The molecule has 1 aliphatic carbocycles. The van der Waals surface area contributed by atoms with Gasteiger partial charge < -0.3 is 4.74 Å². The van der Waals surface area contributed by atoms with Gasteiger partial charge in [0.05, 0.1) is 22.3 Å². The van der Waals surface area contributed by atoms with Crippen LogP contribution < -0.4 is 10.3 Å². The van der Waals surface area contributed by atoms with E-state index < -0.39 is 17.3 Å². The molecule has 0 N–H and O–H groups in total. The lowest BCUT2D eigenvalue weighted by molar-refractivity contribution is -0.139. The van der Waals surface area contributed by atoms with E-state index in [9.17, 15) is 18.0 Å². The van der Waals surface area contributed by atoms with Gasteiger partial charge in [-0.25, -0.2) is 4.68 Å². The van der Waals surface area contributed by atoms with Crippen molar-refractivity contribution in [3.05, 3.63) is 55.9 Å². The van der Waals surface area contributed by atoms with Crippen molar-refractivity contribution in [2.24, 2.45) is 0 Å². The quantitative estimate of drug-likeness (QED) is 0.750. The maximum absolute atomic E-state index is 13.1. The van der Waals surface area contributed by atoms with Gasteiger partial charge in [-0.05, 0) is 31.0 Å². The van der Waals surface area contributed by atoms with E-state index in [-0.39, 0.29) is 40.6 Å². The molecule has 9 heteroatoms. The highest BCUT2D eigenvalue weighted by molar-refractivity contribution is 6.37. The van der Waals surface area contributed by atoms with Crippen molar-refractivity contribution in [3.63, 3.8) is 0 Å². The lowest BCUT2D eigenvalue weighted by Gasteiger charge is -2.13. The van der Waals surface area contributed by atoms with Gasteiger partial charge in [0.15, 0.2) is 5.75 Å². The van der Waals surface area contributed by atoms with Crippen LogP contribution in [-0.2, 0) is 12.7 Å². The van der Waals surface area contributed by atoms with E-state index in [2.05, 4.69) is 5.10 Å². The van der Waals surface area contributed by atoms with E-state index in [1.807, 2.05) is 0 Å². The fraction of sp³-hybridized carbons (Fsp3) is 0.375. The van der Waals surface area contributed by atoms with Gasteiger partial charge in [-0.1, -0.05) is 29.3 Å². The Bertz CT molecular complexity index is 828. The number of rotatable bonds is 5. The molecule has 1 aromatic carbocycles. The first-order valence-electron chi connectivity index (χ1n) is 7.53. The SMILES string of the molecule is O=c1c(C(F)(F)F)cc(C2CC2)nn1CCOc1c(Cl)cccc1Cl. The normalized spacial score (nSPS) is 14.6. The van der Waals surface area contributed by atoms with Gasteiger partial charge in [-0.3, -0.25) is 4.79 Å². The molecule has 1 heterocycles. The van der Waals surface area contributed by atoms with Gasteiger partial charge in [-0.2, -0.15) is 18.3 Å². The summed E-state index contributed by atoms with van der Waals surface area (Å²) in [6.07, 6.45) is -3.18. The second-order valence-corrected chi connectivity index (χ2v) is 6.50. The number of alkyl halides is 3. The average Bonchev–Trinajstić information content (AvgIpc) is 3.35. The minimum absolute atomic E-state index is 0.0214. The maximum Gasteiger partial charge on any atom is 0.421 e. The standard InChI is InChI=1S/C16H13Cl2F3N2O2/c17-11-2-1-3-12(18)14(11)25-7-6-23-15(24)10(16(19,20)21)8-13(22-23)9-4-5-9/h1-3,8-9H,4-7H2. The molecule has 0 bridgehead atoms. The molecular formula is C16H13Cl2F3N2O2. The summed E-state index contributed by atoms with van der Waals surface area (Å²) in [4.78, 5) is 12.1. The topological polar surface area (TPSA) is 44.1 Å². The zero-order chi connectivity index (χ0) is 18.2. The molecule has 0 saturated heterocycles. The van der Waals surface area contributed by atoms with Gasteiger partial charge in [0.25, 0.3) is 5.56 Å². The van der Waals surface area contributed by atoms with Crippen molar-refractivity contribution in [2.75, 3.05) is 6.61 Å². The van der Waals surface area contributed by atoms with E-state index in [4.69, 9.17) is 27.9 Å². The van der Waals surface area contributed by atoms with Gasteiger partial charge in [0, 0.05) is 5.92 Å². The predicted octanol–water partition coefficient (Wildman–Crippen LogP) is 4.53. The van der Waals surface area contributed by atoms with E-state index in [1.54, 1.807) is 18.2 Å². The first-order valence-corrected chi connectivity index (χ1v) is 8.29. The van der Waals surface area contributed by atoms with Crippen LogP contribution in [0.5, 0.6) is 5.75 Å². The molecule has 0 atom stereocenters. The third kappa shape index (κ3) is 4.10. The Balaban J connectivity index is 1.82. The van der Waals surface area contributed by atoms with Crippen LogP contribution in [0.1, 0.15) is 30.0 Å². The van der Waals surface area contributed by atoms with Crippen LogP contribution >= 0.6 is 23.2 Å². The summed E-state index contributed by atoms with van der Waals surface area (Å²) in [6, 6.07) is 5.63. The first kappa shape index (κ1) is 18.1. The maximum atomic E-state index is 13.1. The third-order valence-electron chi connectivity index (χ3n) is 3.76. The molecule has 2 aromatic rings. The van der Waals surface area contributed by atoms with E-state index in [1.165, 1.54) is 0 Å². The Morgan fingerprint density at radius 1 is 1.24 bits per heavy atom. The second kappa shape index (κ2) is 6.88. The van der Waals surface area contributed by atoms with Crippen LogP contribution in [0.4, 0.5) is 13.2 Å². The molecular weight excluding hydrogens is 380 g/mol. The minimum Gasteiger partial charge on any atom is -0.489 e. The van der Waals surface area contributed by atoms with Crippen LogP contribution in [-0.4, -0.2) is 16.4 Å². The molecule has 1 aromatic heterocycles. The fourth-order valence-electron chi connectivity index (χ4n) is 2.35. The number of para-hydroxylation sites is 1. The number of ether oxygens (including phenoxy) is 1. The lowest BCUT2D eigenvalue weighted by Crippen LogP contribution is -2.33. The summed E-state index contributed by atoms with van der Waals surface area (Å²) in [5, 5.41) is 4.59. The van der Waals surface area contributed by atoms with Crippen molar-refractivity contribution in [3.8, 4) is 5.75 Å². The van der Waals surface area contributed by atoms with Crippen LogP contribution in [0.3, 0.4) is 0 Å². The molecule has 4 nitrogen and oxygen atoms in total. The molecule has 0 radical (unpaired) electrons. The molecule has 0 spiro atoms. The summed E-state index contributed by atoms with van der Waals surface area (Å²) in [6.45, 7) is -0.244. The average molecular weight is 393 g/mol. The third-order valence-corrected chi connectivity index (χ3v) is 4.36. The molecule has 3 rings (SSSR count). The van der Waals surface area contributed by atoms with Crippen molar-refractivity contribution < 1.29 is 17.9 Å². The van der Waals surface area contributed by atoms with Crippen LogP contribution in [0.15, 0.2) is 29.1 Å². The van der Waals surface area contributed by atoms with Crippen LogP contribution in [0, 0.1) is 0 Å². The fourth-order valence-corrected chi connectivity index (χ4v) is 2.86. The van der Waals surface area contributed by atoms with Crippen molar-refractivity contribution in [2.45, 2.75) is 31.5 Å². The summed E-state index contributed by atoms with van der Waals surface area (Å²) in [5.74, 6) is 0.195. The smallest absolute Gasteiger partial charge is 0.421 e. The minimum atomic E-state index is -4.72. The zero-order valence-corrected chi connectivity index (χ0v) is 14.3. The highest BCUT2D eigenvalue weighted by atomic mass is 35.5. The number of halogens is 5. The first-order chi connectivity index (χ1) is 11.8. The van der Waals surface area contributed by atoms with Crippen LogP contribution in [0.2, 0.25) is 10.0 Å². The van der Waals surface area contributed by atoms with Crippen molar-refractivity contribution in [1.29, 1.82) is 0 Å². The Hall–Kier alpha value is -1.73. The largest absolute Gasteiger partial charge is 0.489 e. The van der Waals surface area contributed by atoms with Gasteiger partial charge >= 0.3 is 6.18 Å². The number of hydrogen-bond donors (Lipinski definition) is 0. The van der Waals surface area contributed by atoms with Crippen molar-refractivity contribution in [1.82, 2.24) is 9.78 Å². The highest BCUT2D eigenvalue weighted by Crippen LogP contribution is 2.40. The lowest BCUT2D eigenvalue weighted by atomic mass is 10.2. The molecule has 1 saturated carbocycles. The Kier molecular flexibility index (Phi) is 4.97. The molecule has 1 aliphatic rings. The van der Waals surface area contributed by atoms with Gasteiger partial charge in [0.2, 0.25) is 0 Å². The van der Waals surface area contributed by atoms with E-state index in [0.717, 1.165) is 23.6 Å². The molecule has 0 amide bonds. The molecule has 0 unspecified atom stereocenters. The Labute approximate surface area is 151 Å².